The van der Waals surface area contributed by atoms with E-state index >= 15 is 0 Å². The molecule has 0 aromatic carbocycles. The highest BCUT2D eigenvalue weighted by molar-refractivity contribution is 6.39. The predicted molar refractivity (Wildman–Crippen MR) is 80.7 cm³/mol. The molecule has 3 aliphatic rings. The van der Waals surface area contributed by atoms with Crippen LogP contribution in [0.3, 0.4) is 0 Å². The molecule has 0 aromatic rings. The van der Waals surface area contributed by atoms with Crippen LogP contribution in [0.25, 0.3) is 0 Å². The molecule has 21 heavy (non-hydrogen) atoms. The smallest absolute Gasteiger partial charge is 0.270 e. The SMILES string of the molecule is C[C@@H]1CCC[C@@H]2CCCN(C(=O)C3=NN(C)C(=O)CC3)[C@H]21. The number of hydrogen-bond acceptors (Lipinski definition) is 3. The van der Waals surface area contributed by atoms with E-state index in [1.165, 1.54) is 30.7 Å². The van der Waals surface area contributed by atoms with Gasteiger partial charge in [0, 0.05) is 32.5 Å². The largest absolute Gasteiger partial charge is 0.334 e. The van der Waals surface area contributed by atoms with Gasteiger partial charge in [-0.1, -0.05) is 13.3 Å². The standard InChI is InChI=1S/C16H25N3O2/c1-11-5-3-6-12-7-4-10-19(15(11)12)16(21)13-8-9-14(20)18(2)17-13/h11-12,15H,3-10H2,1-2H3/t11-,12-,15+/m1/s1. The van der Waals surface area contributed by atoms with Gasteiger partial charge in [-0.2, -0.15) is 5.10 Å². The fraction of sp³-hybridized carbons (Fsp3) is 0.812. The van der Waals surface area contributed by atoms with Crippen LogP contribution in [-0.2, 0) is 9.59 Å². The number of carbonyl (C=O) groups is 2. The van der Waals surface area contributed by atoms with Crippen molar-refractivity contribution in [2.45, 2.75) is 57.9 Å². The molecule has 2 amide bonds. The van der Waals surface area contributed by atoms with Gasteiger partial charge in [-0.05, 0) is 37.5 Å². The topological polar surface area (TPSA) is 53.0 Å². The van der Waals surface area contributed by atoms with Gasteiger partial charge < -0.3 is 4.90 Å². The first kappa shape index (κ1) is 14.5. The molecule has 2 fully saturated rings. The van der Waals surface area contributed by atoms with Crippen LogP contribution in [0.5, 0.6) is 0 Å². The molecule has 0 radical (unpaired) electrons. The Morgan fingerprint density at radius 3 is 2.71 bits per heavy atom. The molecule has 3 atom stereocenters. The van der Waals surface area contributed by atoms with Crippen LogP contribution in [-0.4, -0.2) is 47.1 Å². The monoisotopic (exact) mass is 291 g/mol. The average molecular weight is 291 g/mol. The van der Waals surface area contributed by atoms with Crippen LogP contribution in [0.2, 0.25) is 0 Å². The predicted octanol–water partition coefficient (Wildman–Crippen LogP) is 2.02. The lowest BCUT2D eigenvalue weighted by atomic mass is 9.73. The number of hydrazone groups is 1. The molecule has 1 aliphatic carbocycles. The summed E-state index contributed by atoms with van der Waals surface area (Å²) in [6.07, 6.45) is 7.01. The molecule has 5 nitrogen and oxygen atoms in total. The number of amides is 2. The molecule has 0 spiro atoms. The Morgan fingerprint density at radius 1 is 1.19 bits per heavy atom. The van der Waals surface area contributed by atoms with Gasteiger partial charge in [-0.15, -0.1) is 0 Å². The van der Waals surface area contributed by atoms with Crippen molar-refractivity contribution in [1.82, 2.24) is 9.91 Å². The third kappa shape index (κ3) is 2.70. The Hall–Kier alpha value is -1.39. The Bertz CT molecular complexity index is 472. The molecule has 2 aliphatic heterocycles. The van der Waals surface area contributed by atoms with Crippen molar-refractivity contribution in [2.75, 3.05) is 13.6 Å². The third-order valence-corrected chi connectivity index (χ3v) is 5.35. The van der Waals surface area contributed by atoms with Crippen LogP contribution >= 0.6 is 0 Å². The van der Waals surface area contributed by atoms with E-state index < -0.39 is 0 Å². The molecule has 1 saturated carbocycles. The first-order valence-electron chi connectivity index (χ1n) is 8.23. The zero-order chi connectivity index (χ0) is 15.0. The maximum absolute atomic E-state index is 12.9. The van der Waals surface area contributed by atoms with Gasteiger partial charge in [0.05, 0.1) is 0 Å². The maximum atomic E-state index is 12.9. The lowest BCUT2D eigenvalue weighted by molar-refractivity contribution is -0.133. The van der Waals surface area contributed by atoms with E-state index in [1.54, 1.807) is 7.05 Å². The Kier molecular flexibility index (Phi) is 4.00. The van der Waals surface area contributed by atoms with Crippen molar-refractivity contribution in [2.24, 2.45) is 16.9 Å². The quantitative estimate of drug-likeness (QED) is 0.742. The zero-order valence-electron chi connectivity index (χ0n) is 13.0. The van der Waals surface area contributed by atoms with E-state index in [0.29, 0.717) is 36.4 Å². The minimum absolute atomic E-state index is 0.00546. The van der Waals surface area contributed by atoms with E-state index in [2.05, 4.69) is 16.9 Å². The number of nitrogens with zero attached hydrogens (tertiary/aromatic N) is 3. The molecule has 0 N–H and O–H groups in total. The molecule has 2 heterocycles. The van der Waals surface area contributed by atoms with Crippen LogP contribution in [0, 0.1) is 11.8 Å². The van der Waals surface area contributed by atoms with Crippen LogP contribution in [0.1, 0.15) is 51.9 Å². The lowest BCUT2D eigenvalue weighted by Gasteiger charge is -2.47. The molecule has 0 aromatic heterocycles. The molecular weight excluding hydrogens is 266 g/mol. The van der Waals surface area contributed by atoms with E-state index in [9.17, 15) is 9.59 Å². The second-order valence-electron chi connectivity index (χ2n) is 6.76. The maximum Gasteiger partial charge on any atom is 0.270 e. The van der Waals surface area contributed by atoms with Gasteiger partial charge in [0.2, 0.25) is 5.91 Å². The number of piperidine rings is 1. The molecule has 3 rings (SSSR count). The Balaban J connectivity index is 1.80. The Labute approximate surface area is 126 Å². The van der Waals surface area contributed by atoms with Gasteiger partial charge in [0.15, 0.2) is 0 Å². The third-order valence-electron chi connectivity index (χ3n) is 5.35. The van der Waals surface area contributed by atoms with Crippen molar-refractivity contribution in [3.05, 3.63) is 0 Å². The Morgan fingerprint density at radius 2 is 1.95 bits per heavy atom. The van der Waals surface area contributed by atoms with E-state index in [1.807, 2.05) is 0 Å². The molecule has 116 valence electrons. The van der Waals surface area contributed by atoms with Gasteiger partial charge in [-0.3, -0.25) is 9.59 Å². The first-order valence-corrected chi connectivity index (χ1v) is 8.23. The number of carbonyl (C=O) groups excluding carboxylic acids is 2. The number of fused-ring (bicyclic) bond motifs is 1. The lowest BCUT2D eigenvalue weighted by Crippen LogP contribution is -2.55. The minimum atomic E-state index is -0.00546. The normalized spacial score (nSPS) is 33.5. The number of rotatable bonds is 1. The van der Waals surface area contributed by atoms with Crippen molar-refractivity contribution < 1.29 is 9.59 Å². The number of hydrogen-bond donors (Lipinski definition) is 0. The van der Waals surface area contributed by atoms with Gasteiger partial charge in [-0.25, -0.2) is 5.01 Å². The zero-order valence-corrected chi connectivity index (χ0v) is 13.0. The van der Waals surface area contributed by atoms with Crippen molar-refractivity contribution in [1.29, 1.82) is 0 Å². The summed E-state index contributed by atoms with van der Waals surface area (Å²) >= 11 is 0. The summed E-state index contributed by atoms with van der Waals surface area (Å²) in [6, 6.07) is 0.380. The highest BCUT2D eigenvalue weighted by Gasteiger charge is 2.41. The fourth-order valence-electron chi connectivity index (χ4n) is 4.28. The average Bonchev–Trinajstić information content (AvgIpc) is 2.49. The summed E-state index contributed by atoms with van der Waals surface area (Å²) in [5.41, 5.74) is 0.565. The van der Waals surface area contributed by atoms with Crippen LogP contribution in [0.4, 0.5) is 0 Å². The molecular formula is C16H25N3O2. The summed E-state index contributed by atoms with van der Waals surface area (Å²) in [6.45, 7) is 3.13. The minimum Gasteiger partial charge on any atom is -0.334 e. The highest BCUT2D eigenvalue weighted by atomic mass is 16.2. The second kappa shape index (κ2) is 5.78. The molecule has 0 unspecified atom stereocenters. The fourth-order valence-corrected chi connectivity index (χ4v) is 4.28. The van der Waals surface area contributed by atoms with E-state index in [-0.39, 0.29) is 11.8 Å². The summed E-state index contributed by atoms with van der Waals surface area (Å²) < 4.78 is 0. The van der Waals surface area contributed by atoms with Crippen LogP contribution < -0.4 is 0 Å². The van der Waals surface area contributed by atoms with Crippen LogP contribution in [0.15, 0.2) is 5.10 Å². The summed E-state index contributed by atoms with van der Waals surface area (Å²) in [5, 5.41) is 5.53. The molecule has 1 saturated heterocycles. The summed E-state index contributed by atoms with van der Waals surface area (Å²) in [4.78, 5) is 26.4. The second-order valence-corrected chi connectivity index (χ2v) is 6.76. The van der Waals surface area contributed by atoms with Crippen molar-refractivity contribution in [3.63, 3.8) is 0 Å². The molecule has 0 bridgehead atoms. The van der Waals surface area contributed by atoms with E-state index in [4.69, 9.17) is 0 Å². The van der Waals surface area contributed by atoms with Gasteiger partial charge in [0.25, 0.3) is 5.91 Å². The highest BCUT2D eigenvalue weighted by Crippen LogP contribution is 2.38. The van der Waals surface area contributed by atoms with Crippen molar-refractivity contribution >= 4 is 17.5 Å². The molecule has 5 heteroatoms. The van der Waals surface area contributed by atoms with E-state index in [0.717, 1.165) is 13.0 Å². The summed E-state index contributed by atoms with van der Waals surface area (Å²) in [7, 11) is 1.64. The van der Waals surface area contributed by atoms with Gasteiger partial charge >= 0.3 is 0 Å². The number of likely N-dealkylation sites (tertiary alicyclic amines) is 1. The van der Waals surface area contributed by atoms with Gasteiger partial charge in [0.1, 0.15) is 5.71 Å². The first-order chi connectivity index (χ1) is 10.1. The summed E-state index contributed by atoms with van der Waals surface area (Å²) in [5.74, 6) is 1.30. The van der Waals surface area contributed by atoms with Crippen molar-refractivity contribution in [3.8, 4) is 0 Å².